The molecule has 0 amide bonds. The third-order valence-electron chi connectivity index (χ3n) is 3.29. The van der Waals surface area contributed by atoms with Gasteiger partial charge in [0.25, 0.3) is 10.0 Å². The summed E-state index contributed by atoms with van der Waals surface area (Å²) in [7, 11) is -3.65. The minimum Gasteiger partial charge on any atom is -0.462 e. The van der Waals surface area contributed by atoms with E-state index in [-0.39, 0.29) is 10.7 Å². The van der Waals surface area contributed by atoms with Crippen LogP contribution in [0.25, 0.3) is 0 Å². The second-order valence-electron chi connectivity index (χ2n) is 4.83. The van der Waals surface area contributed by atoms with E-state index in [9.17, 15) is 13.2 Å². The molecule has 0 atom stereocenters. The molecular formula is C16H14N2O4S. The number of hydrogen-bond donors (Lipinski definition) is 1. The summed E-state index contributed by atoms with van der Waals surface area (Å²) in [6.07, 6.45) is 0. The number of nitrogens with zero attached hydrogens (tertiary/aromatic N) is 1. The molecule has 0 saturated heterocycles. The van der Waals surface area contributed by atoms with Gasteiger partial charge in [0.2, 0.25) is 0 Å². The van der Waals surface area contributed by atoms with Crippen molar-refractivity contribution in [2.24, 2.45) is 4.40 Å². The van der Waals surface area contributed by atoms with E-state index in [2.05, 4.69) is 9.71 Å². The van der Waals surface area contributed by atoms with Gasteiger partial charge in [0.05, 0.1) is 12.2 Å². The molecule has 0 bridgehead atoms. The number of anilines is 1. The maximum absolute atomic E-state index is 12.0. The molecule has 0 unspecified atom stereocenters. The van der Waals surface area contributed by atoms with Crippen LogP contribution in [0.3, 0.4) is 0 Å². The third kappa shape index (κ3) is 2.95. The third-order valence-corrected chi connectivity index (χ3v) is 4.63. The highest BCUT2D eigenvalue weighted by Crippen LogP contribution is 2.26. The van der Waals surface area contributed by atoms with Gasteiger partial charge in [-0.1, -0.05) is 12.1 Å². The molecule has 0 fully saturated rings. The summed E-state index contributed by atoms with van der Waals surface area (Å²) in [5.74, 6) is -0.130. The predicted molar refractivity (Wildman–Crippen MR) is 86.2 cm³/mol. The van der Waals surface area contributed by atoms with E-state index in [0.29, 0.717) is 23.4 Å². The molecule has 6 nitrogen and oxygen atoms in total. The van der Waals surface area contributed by atoms with Gasteiger partial charge in [0.15, 0.2) is 5.84 Å². The molecule has 1 aliphatic rings. The highest BCUT2D eigenvalue weighted by molar-refractivity contribution is 7.90. The number of fused-ring (bicyclic) bond motifs is 1. The predicted octanol–water partition coefficient (Wildman–Crippen LogP) is 2.42. The lowest BCUT2D eigenvalue weighted by atomic mass is 10.1. The summed E-state index contributed by atoms with van der Waals surface area (Å²) < 4.78 is 32.6. The number of sulfonamides is 1. The summed E-state index contributed by atoms with van der Waals surface area (Å²) in [4.78, 5) is 11.8. The molecule has 1 N–H and O–H groups in total. The van der Waals surface area contributed by atoms with Crippen molar-refractivity contribution in [3.05, 3.63) is 59.7 Å². The van der Waals surface area contributed by atoms with Gasteiger partial charge in [-0.15, -0.1) is 4.40 Å². The number of hydrogen-bond acceptors (Lipinski definition) is 5. The number of esters is 1. The highest BCUT2D eigenvalue weighted by Gasteiger charge is 2.28. The number of amidine groups is 1. The normalized spacial score (nSPS) is 14.7. The van der Waals surface area contributed by atoms with Gasteiger partial charge >= 0.3 is 5.97 Å². The molecule has 7 heteroatoms. The monoisotopic (exact) mass is 330 g/mol. The molecule has 118 valence electrons. The maximum Gasteiger partial charge on any atom is 0.338 e. The molecule has 1 aliphatic heterocycles. The van der Waals surface area contributed by atoms with E-state index in [1.54, 1.807) is 49.4 Å². The summed E-state index contributed by atoms with van der Waals surface area (Å²) in [6.45, 7) is 2.05. The van der Waals surface area contributed by atoms with Gasteiger partial charge in [-0.3, -0.25) is 0 Å². The van der Waals surface area contributed by atoms with Crippen LogP contribution in [-0.4, -0.2) is 26.8 Å². The van der Waals surface area contributed by atoms with E-state index in [1.165, 1.54) is 6.07 Å². The number of carbonyl (C=O) groups is 1. The van der Waals surface area contributed by atoms with Gasteiger partial charge < -0.3 is 10.1 Å². The Morgan fingerprint density at radius 2 is 1.83 bits per heavy atom. The fourth-order valence-electron chi connectivity index (χ4n) is 2.24. The smallest absolute Gasteiger partial charge is 0.338 e. The van der Waals surface area contributed by atoms with Gasteiger partial charge in [0.1, 0.15) is 4.90 Å². The fourth-order valence-corrected chi connectivity index (χ4v) is 3.41. The molecule has 0 aliphatic carbocycles. The Bertz CT molecular complexity index is 887. The Hall–Kier alpha value is -2.67. The number of carbonyl (C=O) groups excluding carboxylic acids is 1. The Labute approximate surface area is 133 Å². The van der Waals surface area contributed by atoms with Crippen molar-refractivity contribution in [3.63, 3.8) is 0 Å². The van der Waals surface area contributed by atoms with Crippen molar-refractivity contribution in [2.45, 2.75) is 11.8 Å². The molecule has 0 saturated carbocycles. The lowest BCUT2D eigenvalue weighted by Gasteiger charge is -2.07. The number of ether oxygens (including phenoxy) is 1. The van der Waals surface area contributed by atoms with Crippen LogP contribution in [-0.2, 0) is 14.8 Å². The Morgan fingerprint density at radius 1 is 1.13 bits per heavy atom. The van der Waals surface area contributed by atoms with Crippen LogP contribution >= 0.6 is 0 Å². The zero-order valence-electron chi connectivity index (χ0n) is 12.3. The van der Waals surface area contributed by atoms with Crippen LogP contribution in [0.15, 0.2) is 57.8 Å². The first-order valence-electron chi connectivity index (χ1n) is 7.00. The largest absolute Gasteiger partial charge is 0.462 e. The zero-order chi connectivity index (χ0) is 16.4. The van der Waals surface area contributed by atoms with Crippen LogP contribution in [0.2, 0.25) is 0 Å². The fraction of sp³-hybridized carbons (Fsp3) is 0.125. The Balaban J connectivity index is 1.85. The van der Waals surface area contributed by atoms with Gasteiger partial charge in [-0.2, -0.15) is 8.42 Å². The molecule has 23 heavy (non-hydrogen) atoms. The first kappa shape index (κ1) is 15.2. The highest BCUT2D eigenvalue weighted by atomic mass is 32.2. The molecule has 2 aromatic carbocycles. The molecule has 3 rings (SSSR count). The first-order valence-corrected chi connectivity index (χ1v) is 8.44. The molecule has 1 heterocycles. The zero-order valence-corrected chi connectivity index (χ0v) is 13.1. The minimum absolute atomic E-state index is 0.186. The van der Waals surface area contributed by atoms with Crippen molar-refractivity contribution in [1.82, 2.24) is 0 Å². The second-order valence-corrected chi connectivity index (χ2v) is 6.41. The molecule has 0 aromatic heterocycles. The van der Waals surface area contributed by atoms with E-state index < -0.39 is 16.0 Å². The van der Waals surface area contributed by atoms with Crippen LogP contribution in [0.5, 0.6) is 0 Å². The van der Waals surface area contributed by atoms with E-state index >= 15 is 0 Å². The van der Waals surface area contributed by atoms with E-state index in [0.717, 1.165) is 0 Å². The Kier molecular flexibility index (Phi) is 3.87. The number of benzene rings is 2. The molecule has 0 radical (unpaired) electrons. The Morgan fingerprint density at radius 3 is 2.52 bits per heavy atom. The lowest BCUT2D eigenvalue weighted by Crippen LogP contribution is -2.11. The first-order chi connectivity index (χ1) is 11.0. The average molecular weight is 330 g/mol. The topological polar surface area (TPSA) is 84.8 Å². The summed E-state index contributed by atoms with van der Waals surface area (Å²) in [6, 6.07) is 13.2. The lowest BCUT2D eigenvalue weighted by molar-refractivity contribution is 0.0526. The standard InChI is InChI=1S/C16H14N2O4S/c1-2-22-16(19)11-7-9-12(10-8-11)17-15-13-5-3-4-6-14(13)23(20,21)18-15/h3-10H,2H2,1H3,(H,17,18). The van der Waals surface area contributed by atoms with Crippen molar-refractivity contribution in [3.8, 4) is 0 Å². The summed E-state index contributed by atoms with van der Waals surface area (Å²) in [5, 5.41) is 2.97. The van der Waals surface area contributed by atoms with Crippen LogP contribution in [0, 0.1) is 0 Å². The summed E-state index contributed by atoms with van der Waals surface area (Å²) >= 11 is 0. The van der Waals surface area contributed by atoms with Crippen molar-refractivity contribution >= 4 is 27.5 Å². The van der Waals surface area contributed by atoms with Crippen LogP contribution < -0.4 is 5.32 Å². The van der Waals surface area contributed by atoms with Crippen molar-refractivity contribution in [1.29, 1.82) is 0 Å². The summed E-state index contributed by atoms with van der Waals surface area (Å²) in [5.41, 5.74) is 1.59. The average Bonchev–Trinajstić information content (AvgIpc) is 2.80. The second kappa shape index (κ2) is 5.85. The molecule has 2 aromatic rings. The van der Waals surface area contributed by atoms with Crippen molar-refractivity contribution in [2.75, 3.05) is 11.9 Å². The maximum atomic E-state index is 12.0. The number of nitrogens with one attached hydrogen (secondary N) is 1. The molecular weight excluding hydrogens is 316 g/mol. The van der Waals surface area contributed by atoms with Gasteiger partial charge in [-0.05, 0) is 43.3 Å². The van der Waals surface area contributed by atoms with Gasteiger partial charge in [-0.25, -0.2) is 4.79 Å². The van der Waals surface area contributed by atoms with Crippen LogP contribution in [0.1, 0.15) is 22.8 Å². The minimum atomic E-state index is -3.65. The number of rotatable bonds is 3. The molecule has 0 spiro atoms. The van der Waals surface area contributed by atoms with Crippen molar-refractivity contribution < 1.29 is 17.9 Å². The van der Waals surface area contributed by atoms with E-state index in [1.807, 2.05) is 0 Å². The van der Waals surface area contributed by atoms with Gasteiger partial charge in [0, 0.05) is 11.3 Å². The quantitative estimate of drug-likeness (QED) is 0.874. The SMILES string of the molecule is CCOC(=O)c1ccc(NC2=NS(=O)(=O)c3ccccc32)cc1. The van der Waals surface area contributed by atoms with Crippen LogP contribution in [0.4, 0.5) is 5.69 Å². The van der Waals surface area contributed by atoms with E-state index in [4.69, 9.17) is 4.74 Å².